The molecule has 1 N–H and O–H groups in total. The van der Waals surface area contributed by atoms with Gasteiger partial charge < -0.3 is 9.63 Å². The summed E-state index contributed by atoms with van der Waals surface area (Å²) in [5.41, 5.74) is 0.798. The third-order valence-corrected chi connectivity index (χ3v) is 8.02. The molecule has 0 aliphatic carbocycles. The highest BCUT2D eigenvalue weighted by Crippen LogP contribution is 2.55. The van der Waals surface area contributed by atoms with Crippen molar-refractivity contribution in [3.63, 3.8) is 0 Å². The maximum absolute atomic E-state index is 12.8. The van der Waals surface area contributed by atoms with Gasteiger partial charge in [-0.05, 0) is 32.6 Å². The molecule has 0 amide bonds. The molecule has 0 fully saturated rings. The first-order valence-corrected chi connectivity index (χ1v) is 14.6. The molecule has 0 aromatic heterocycles. The maximum Gasteiger partial charge on any atom is 0.530 e. The third kappa shape index (κ3) is 12.3. The Kier molecular flexibility index (Phi) is 16.0. The van der Waals surface area contributed by atoms with Crippen LogP contribution in [0.3, 0.4) is 0 Å². The molecule has 1 aliphatic heterocycles. The highest BCUT2D eigenvalue weighted by Gasteiger charge is 2.36. The number of hydrogen-bond donors (Lipinski definition) is 1. The molecule has 4 unspecified atom stereocenters. The second-order valence-corrected chi connectivity index (χ2v) is 11.0. The van der Waals surface area contributed by atoms with E-state index >= 15 is 0 Å². The van der Waals surface area contributed by atoms with Crippen molar-refractivity contribution in [3.05, 3.63) is 11.1 Å². The molecule has 0 spiro atoms. The molecular formula is C24H46O6P2. The number of Topliss-reactive ketones (excluding diaryl/α,β-unsaturated/α-hetero) is 1. The Bertz CT molecular complexity index is 607. The van der Waals surface area contributed by atoms with Gasteiger partial charge in [-0.2, -0.15) is 0 Å². The molecule has 0 saturated carbocycles. The van der Waals surface area contributed by atoms with Crippen molar-refractivity contribution in [2.75, 3.05) is 13.2 Å². The molecule has 8 heteroatoms. The molecule has 0 aromatic rings. The third-order valence-electron chi connectivity index (χ3n) is 6.01. The molecule has 6 nitrogen and oxygen atoms in total. The number of hydrogen-bond acceptors (Lipinski definition) is 6. The fourth-order valence-electron chi connectivity index (χ4n) is 3.99. The van der Waals surface area contributed by atoms with Crippen molar-refractivity contribution >= 4 is 22.8 Å². The SMILES string of the molecule is CCCCC(O)CCCCCCCCCCCOP1(=O)OCC(CC)C(C(C)=O)=C(P)O1. The Balaban J connectivity index is 2.10. The first-order chi connectivity index (χ1) is 15.3. The van der Waals surface area contributed by atoms with Crippen LogP contribution in [0.1, 0.15) is 111 Å². The van der Waals surface area contributed by atoms with Crippen LogP contribution in [0.2, 0.25) is 0 Å². The summed E-state index contributed by atoms with van der Waals surface area (Å²) in [6.07, 6.45) is 15.0. The van der Waals surface area contributed by atoms with Crippen molar-refractivity contribution in [2.24, 2.45) is 5.92 Å². The number of ketones is 1. The number of phosphoric ester groups is 1. The summed E-state index contributed by atoms with van der Waals surface area (Å²) < 4.78 is 29.2. The van der Waals surface area contributed by atoms with E-state index in [9.17, 15) is 14.5 Å². The van der Waals surface area contributed by atoms with Gasteiger partial charge in [0, 0.05) is 11.5 Å². The molecule has 0 saturated heterocycles. The Morgan fingerprint density at radius 2 is 1.62 bits per heavy atom. The number of unbranched alkanes of at least 4 members (excludes halogenated alkanes) is 9. The molecule has 188 valence electrons. The average molecular weight is 493 g/mol. The summed E-state index contributed by atoms with van der Waals surface area (Å²) in [5.74, 6) is -0.228. The normalized spacial score (nSPS) is 22.5. The summed E-state index contributed by atoms with van der Waals surface area (Å²) in [4.78, 5) is 11.9. The van der Waals surface area contributed by atoms with Crippen molar-refractivity contribution < 1.29 is 28.0 Å². The standard InChI is InChI=1S/C24H46O6P2/c1-4-6-16-22(26)17-14-12-10-8-7-9-11-13-15-18-28-32(27)29-19-21(5-2)23(20(3)25)24(31)30-32/h21-22,26H,4-19,31H2,1-3H3. The van der Waals surface area contributed by atoms with E-state index in [1.165, 1.54) is 39.0 Å². The van der Waals surface area contributed by atoms with Crippen LogP contribution in [0.25, 0.3) is 0 Å². The molecule has 1 heterocycles. The average Bonchev–Trinajstić information content (AvgIpc) is 2.88. The minimum Gasteiger partial charge on any atom is -0.404 e. The fourth-order valence-corrected chi connectivity index (χ4v) is 6.05. The van der Waals surface area contributed by atoms with E-state index in [1.807, 2.05) is 6.92 Å². The van der Waals surface area contributed by atoms with E-state index in [4.69, 9.17) is 13.6 Å². The summed E-state index contributed by atoms with van der Waals surface area (Å²) >= 11 is 0. The Hall–Kier alpha value is -0.250. The summed E-state index contributed by atoms with van der Waals surface area (Å²) in [7, 11) is -1.31. The van der Waals surface area contributed by atoms with Crippen molar-refractivity contribution in [1.82, 2.24) is 0 Å². The number of carbonyl (C=O) groups excluding carboxylic acids is 1. The van der Waals surface area contributed by atoms with Crippen LogP contribution >= 0.6 is 17.1 Å². The van der Waals surface area contributed by atoms with Gasteiger partial charge in [-0.25, -0.2) is 4.57 Å². The van der Waals surface area contributed by atoms with Gasteiger partial charge in [-0.1, -0.05) is 87.3 Å². The van der Waals surface area contributed by atoms with Crippen molar-refractivity contribution in [2.45, 2.75) is 117 Å². The van der Waals surface area contributed by atoms with Crippen LogP contribution in [0.4, 0.5) is 0 Å². The predicted octanol–water partition coefficient (Wildman–Crippen LogP) is 7.31. The number of aliphatic hydroxyl groups excluding tert-OH is 1. The van der Waals surface area contributed by atoms with Gasteiger partial charge in [0.2, 0.25) is 0 Å². The Morgan fingerprint density at radius 3 is 2.19 bits per heavy atom. The van der Waals surface area contributed by atoms with E-state index in [1.54, 1.807) is 0 Å². The highest BCUT2D eigenvalue weighted by molar-refractivity contribution is 7.49. The summed E-state index contributed by atoms with van der Waals surface area (Å²) in [5, 5.41) is 9.85. The van der Waals surface area contributed by atoms with Crippen molar-refractivity contribution in [3.8, 4) is 0 Å². The van der Waals surface area contributed by atoms with Gasteiger partial charge in [0.25, 0.3) is 0 Å². The van der Waals surface area contributed by atoms with Crippen LogP contribution in [-0.4, -0.2) is 30.2 Å². The van der Waals surface area contributed by atoms with Crippen LogP contribution < -0.4 is 0 Å². The van der Waals surface area contributed by atoms with E-state index in [2.05, 4.69) is 16.2 Å². The minimum absolute atomic E-state index is 0.0940. The smallest absolute Gasteiger partial charge is 0.404 e. The lowest BCUT2D eigenvalue weighted by Crippen LogP contribution is -2.14. The van der Waals surface area contributed by atoms with Crippen LogP contribution in [0.15, 0.2) is 11.1 Å². The lowest BCUT2D eigenvalue weighted by Gasteiger charge is -2.16. The molecule has 0 radical (unpaired) electrons. The second-order valence-electron chi connectivity index (χ2n) is 8.87. The monoisotopic (exact) mass is 492 g/mol. The Morgan fingerprint density at radius 1 is 1.06 bits per heavy atom. The van der Waals surface area contributed by atoms with E-state index in [0.717, 1.165) is 51.4 Å². The van der Waals surface area contributed by atoms with Crippen molar-refractivity contribution in [1.29, 1.82) is 0 Å². The zero-order valence-electron chi connectivity index (χ0n) is 20.5. The molecule has 1 rings (SSSR count). The fraction of sp³-hybridized carbons (Fsp3) is 0.875. The van der Waals surface area contributed by atoms with Crippen LogP contribution in [0, 0.1) is 5.92 Å². The topological polar surface area (TPSA) is 82.1 Å². The summed E-state index contributed by atoms with van der Waals surface area (Å²) in [6, 6.07) is 0. The lowest BCUT2D eigenvalue weighted by molar-refractivity contribution is -0.114. The maximum atomic E-state index is 12.8. The summed E-state index contributed by atoms with van der Waals surface area (Å²) in [6.45, 7) is 6.10. The number of carbonyl (C=O) groups is 1. The molecule has 4 atom stereocenters. The Labute approximate surface area is 198 Å². The van der Waals surface area contributed by atoms with Gasteiger partial charge in [-0.15, -0.1) is 0 Å². The predicted molar refractivity (Wildman–Crippen MR) is 133 cm³/mol. The molecular weight excluding hydrogens is 446 g/mol. The number of phosphoric acid groups is 1. The first-order valence-electron chi connectivity index (χ1n) is 12.6. The molecule has 1 aliphatic rings. The lowest BCUT2D eigenvalue weighted by atomic mass is 9.95. The van der Waals surface area contributed by atoms with Gasteiger partial charge in [0.05, 0.1) is 19.3 Å². The van der Waals surface area contributed by atoms with Gasteiger partial charge in [-0.3, -0.25) is 13.8 Å². The first kappa shape index (κ1) is 29.8. The zero-order valence-corrected chi connectivity index (χ0v) is 22.5. The van der Waals surface area contributed by atoms with Crippen LogP contribution in [0.5, 0.6) is 0 Å². The van der Waals surface area contributed by atoms with E-state index in [-0.39, 0.29) is 29.9 Å². The minimum atomic E-state index is -3.68. The van der Waals surface area contributed by atoms with E-state index in [0.29, 0.717) is 18.6 Å². The number of rotatable bonds is 18. The largest absolute Gasteiger partial charge is 0.530 e. The van der Waals surface area contributed by atoms with E-state index < -0.39 is 7.82 Å². The molecule has 0 bridgehead atoms. The molecule has 0 aromatic carbocycles. The van der Waals surface area contributed by atoms with Crippen LogP contribution in [-0.2, 0) is 22.9 Å². The van der Waals surface area contributed by atoms with Gasteiger partial charge in [0.1, 0.15) is 5.50 Å². The quantitative estimate of drug-likeness (QED) is 0.160. The van der Waals surface area contributed by atoms with Gasteiger partial charge >= 0.3 is 7.82 Å². The van der Waals surface area contributed by atoms with Gasteiger partial charge in [0.15, 0.2) is 5.78 Å². The molecule has 32 heavy (non-hydrogen) atoms. The number of aliphatic hydroxyl groups is 1. The highest BCUT2D eigenvalue weighted by atomic mass is 31.2. The second kappa shape index (κ2) is 17.2. The zero-order chi connectivity index (χ0) is 23.8.